The highest BCUT2D eigenvalue weighted by molar-refractivity contribution is 5.80. The van der Waals surface area contributed by atoms with Crippen molar-refractivity contribution < 1.29 is 14.3 Å². The molecule has 1 atom stereocenters. The fraction of sp³-hybridized carbons (Fsp3) is 0.778. The van der Waals surface area contributed by atoms with E-state index in [4.69, 9.17) is 4.74 Å². The van der Waals surface area contributed by atoms with Gasteiger partial charge in [0.1, 0.15) is 11.4 Å². The lowest BCUT2D eigenvalue weighted by atomic mass is 9.85. The topological polar surface area (TPSA) is 43.4 Å². The fourth-order valence-electron chi connectivity index (χ4n) is 1.69. The van der Waals surface area contributed by atoms with Gasteiger partial charge in [0.25, 0.3) is 0 Å². The Morgan fingerprint density at radius 3 is 2.75 bits per heavy atom. The molecule has 0 aromatic carbocycles. The second-order valence-corrected chi connectivity index (χ2v) is 3.61. The van der Waals surface area contributed by atoms with Gasteiger partial charge in [0.05, 0.1) is 0 Å². The largest absolute Gasteiger partial charge is 0.459 e. The summed E-state index contributed by atoms with van der Waals surface area (Å²) in [6, 6.07) is 0. The molecule has 1 fully saturated rings. The Labute approximate surface area is 72.1 Å². The van der Waals surface area contributed by atoms with Gasteiger partial charge in [-0.05, 0) is 19.8 Å². The molecule has 1 saturated carbocycles. The molecule has 0 saturated heterocycles. The van der Waals surface area contributed by atoms with Gasteiger partial charge in [0.2, 0.25) is 0 Å². The first-order valence-electron chi connectivity index (χ1n) is 4.23. The summed E-state index contributed by atoms with van der Waals surface area (Å²) in [4.78, 5) is 21.8. The van der Waals surface area contributed by atoms with Crippen molar-refractivity contribution in [3.8, 4) is 0 Å². The molecule has 0 amide bonds. The van der Waals surface area contributed by atoms with Crippen LogP contribution in [0.3, 0.4) is 0 Å². The van der Waals surface area contributed by atoms with Gasteiger partial charge >= 0.3 is 5.97 Å². The summed E-state index contributed by atoms with van der Waals surface area (Å²) < 4.78 is 5.09. The van der Waals surface area contributed by atoms with Crippen molar-refractivity contribution in [2.75, 3.05) is 0 Å². The Morgan fingerprint density at radius 1 is 1.58 bits per heavy atom. The third-order valence-corrected chi connectivity index (χ3v) is 2.12. The van der Waals surface area contributed by atoms with E-state index >= 15 is 0 Å². The molecule has 0 N–H and O–H groups in total. The second kappa shape index (κ2) is 3.25. The fourth-order valence-corrected chi connectivity index (χ4v) is 1.69. The van der Waals surface area contributed by atoms with Crippen LogP contribution in [0.15, 0.2) is 0 Å². The predicted octanol–water partition coefficient (Wildman–Crippen LogP) is 1.45. The Morgan fingerprint density at radius 2 is 2.25 bits per heavy atom. The highest BCUT2D eigenvalue weighted by Crippen LogP contribution is 2.28. The molecule has 3 heteroatoms. The van der Waals surface area contributed by atoms with E-state index in [1.54, 1.807) is 0 Å². The SMILES string of the molecule is CC(=O)OC1(C)CCCC(=O)C1. The van der Waals surface area contributed by atoms with Gasteiger partial charge in [-0.15, -0.1) is 0 Å². The standard InChI is InChI=1S/C9H14O3/c1-7(10)12-9(2)5-3-4-8(11)6-9/h3-6H2,1-2H3. The first-order chi connectivity index (χ1) is 5.52. The Bertz CT molecular complexity index is 206. The molecular weight excluding hydrogens is 156 g/mol. The number of carbonyl (C=O) groups excluding carboxylic acids is 2. The van der Waals surface area contributed by atoms with Crippen LogP contribution in [0.2, 0.25) is 0 Å². The van der Waals surface area contributed by atoms with E-state index in [0.29, 0.717) is 12.8 Å². The number of esters is 1. The molecule has 0 aromatic heterocycles. The molecule has 0 bridgehead atoms. The minimum absolute atomic E-state index is 0.199. The summed E-state index contributed by atoms with van der Waals surface area (Å²) in [7, 11) is 0. The monoisotopic (exact) mass is 170 g/mol. The number of ketones is 1. The molecule has 0 aliphatic heterocycles. The van der Waals surface area contributed by atoms with E-state index in [1.807, 2.05) is 6.92 Å². The van der Waals surface area contributed by atoms with Crippen LogP contribution in [0.1, 0.15) is 39.5 Å². The summed E-state index contributed by atoms with van der Waals surface area (Å²) in [6.07, 6.45) is 2.66. The van der Waals surface area contributed by atoms with E-state index < -0.39 is 5.60 Å². The van der Waals surface area contributed by atoms with Crippen molar-refractivity contribution >= 4 is 11.8 Å². The summed E-state index contributed by atoms with van der Waals surface area (Å²) in [5.41, 5.74) is -0.527. The van der Waals surface area contributed by atoms with Gasteiger partial charge in [-0.2, -0.15) is 0 Å². The number of hydrogen-bond acceptors (Lipinski definition) is 3. The molecule has 0 heterocycles. The normalized spacial score (nSPS) is 30.0. The molecule has 3 nitrogen and oxygen atoms in total. The van der Waals surface area contributed by atoms with Gasteiger partial charge in [-0.25, -0.2) is 0 Å². The van der Waals surface area contributed by atoms with Crippen LogP contribution in [-0.4, -0.2) is 17.4 Å². The lowest BCUT2D eigenvalue weighted by Crippen LogP contribution is -2.36. The summed E-state index contributed by atoms with van der Waals surface area (Å²) in [5, 5.41) is 0. The molecule has 0 spiro atoms. The Balaban J connectivity index is 2.57. The van der Waals surface area contributed by atoms with Gasteiger partial charge in [0.15, 0.2) is 0 Å². The molecule has 12 heavy (non-hydrogen) atoms. The van der Waals surface area contributed by atoms with Crippen LogP contribution in [0.5, 0.6) is 0 Å². The minimum Gasteiger partial charge on any atom is -0.459 e. The van der Waals surface area contributed by atoms with Crippen molar-refractivity contribution in [3.05, 3.63) is 0 Å². The van der Waals surface area contributed by atoms with Crippen molar-refractivity contribution in [1.29, 1.82) is 0 Å². The third-order valence-electron chi connectivity index (χ3n) is 2.12. The number of Topliss-reactive ketones (excluding diaryl/α,β-unsaturated/α-hetero) is 1. The van der Waals surface area contributed by atoms with E-state index in [1.165, 1.54) is 6.92 Å². The van der Waals surface area contributed by atoms with E-state index in [9.17, 15) is 9.59 Å². The van der Waals surface area contributed by atoms with Gasteiger partial charge in [-0.3, -0.25) is 9.59 Å². The lowest BCUT2D eigenvalue weighted by Gasteiger charge is -2.31. The molecule has 0 radical (unpaired) electrons. The predicted molar refractivity (Wildman–Crippen MR) is 43.6 cm³/mol. The molecule has 0 aromatic rings. The molecule has 1 rings (SSSR count). The first-order valence-corrected chi connectivity index (χ1v) is 4.23. The van der Waals surface area contributed by atoms with E-state index in [0.717, 1.165) is 12.8 Å². The Kier molecular flexibility index (Phi) is 2.50. The van der Waals surface area contributed by atoms with Crippen molar-refractivity contribution in [2.24, 2.45) is 0 Å². The molecule has 68 valence electrons. The maximum atomic E-state index is 11.1. The minimum atomic E-state index is -0.527. The average molecular weight is 170 g/mol. The number of ether oxygens (including phenoxy) is 1. The zero-order valence-electron chi connectivity index (χ0n) is 7.55. The molecule has 1 aliphatic rings. The summed E-state index contributed by atoms with van der Waals surface area (Å²) in [6.45, 7) is 3.20. The van der Waals surface area contributed by atoms with Crippen molar-refractivity contribution in [2.45, 2.75) is 45.1 Å². The van der Waals surface area contributed by atoms with E-state index in [-0.39, 0.29) is 11.8 Å². The highest BCUT2D eigenvalue weighted by Gasteiger charge is 2.33. The highest BCUT2D eigenvalue weighted by atomic mass is 16.6. The second-order valence-electron chi connectivity index (χ2n) is 3.61. The zero-order valence-corrected chi connectivity index (χ0v) is 7.55. The van der Waals surface area contributed by atoms with Gasteiger partial charge in [-0.1, -0.05) is 0 Å². The number of carbonyl (C=O) groups is 2. The smallest absolute Gasteiger partial charge is 0.303 e. The zero-order chi connectivity index (χ0) is 9.19. The van der Waals surface area contributed by atoms with Gasteiger partial charge < -0.3 is 4.74 Å². The van der Waals surface area contributed by atoms with Crippen molar-refractivity contribution in [1.82, 2.24) is 0 Å². The maximum absolute atomic E-state index is 11.1. The lowest BCUT2D eigenvalue weighted by molar-refractivity contribution is -0.159. The first kappa shape index (κ1) is 9.23. The summed E-state index contributed by atoms with van der Waals surface area (Å²) in [5.74, 6) is -0.0998. The summed E-state index contributed by atoms with van der Waals surface area (Å²) >= 11 is 0. The molecular formula is C9H14O3. The quantitative estimate of drug-likeness (QED) is 0.559. The average Bonchev–Trinajstić information content (AvgIpc) is 1.82. The number of hydrogen-bond donors (Lipinski definition) is 0. The van der Waals surface area contributed by atoms with E-state index in [2.05, 4.69) is 0 Å². The third kappa shape index (κ3) is 2.32. The Hall–Kier alpha value is -0.860. The van der Waals surface area contributed by atoms with Crippen LogP contribution < -0.4 is 0 Å². The van der Waals surface area contributed by atoms with Crippen LogP contribution in [-0.2, 0) is 14.3 Å². The van der Waals surface area contributed by atoms with Crippen LogP contribution in [0.4, 0.5) is 0 Å². The number of rotatable bonds is 1. The van der Waals surface area contributed by atoms with Crippen LogP contribution >= 0.6 is 0 Å². The van der Waals surface area contributed by atoms with Crippen LogP contribution in [0, 0.1) is 0 Å². The maximum Gasteiger partial charge on any atom is 0.303 e. The molecule has 1 unspecified atom stereocenters. The van der Waals surface area contributed by atoms with Crippen LogP contribution in [0.25, 0.3) is 0 Å². The van der Waals surface area contributed by atoms with Gasteiger partial charge in [0, 0.05) is 19.8 Å². The molecule has 1 aliphatic carbocycles. The van der Waals surface area contributed by atoms with Crippen molar-refractivity contribution in [3.63, 3.8) is 0 Å².